The molecule has 0 saturated heterocycles. The highest BCUT2D eigenvalue weighted by Crippen LogP contribution is 2.32. The molecule has 2 aliphatic carbocycles. The summed E-state index contributed by atoms with van der Waals surface area (Å²) in [5.74, 6) is 16.7. The van der Waals surface area contributed by atoms with Gasteiger partial charge in [0.1, 0.15) is 0 Å². The molecule has 0 amide bonds. The maximum atomic E-state index is 3.49. The summed E-state index contributed by atoms with van der Waals surface area (Å²) in [5.41, 5.74) is 0. The van der Waals surface area contributed by atoms with Crippen LogP contribution in [0.4, 0.5) is 0 Å². The lowest BCUT2D eigenvalue weighted by atomic mass is 9.80. The lowest BCUT2D eigenvalue weighted by Crippen LogP contribution is -2.13. The Kier molecular flexibility index (Phi) is 13.0. The second-order valence-electron chi connectivity index (χ2n) is 9.69. The Labute approximate surface area is 182 Å². The first-order valence-corrected chi connectivity index (χ1v) is 13.0. The summed E-state index contributed by atoms with van der Waals surface area (Å²) in [4.78, 5) is 0. The molecule has 2 aliphatic rings. The van der Waals surface area contributed by atoms with Gasteiger partial charge in [-0.25, -0.2) is 0 Å². The van der Waals surface area contributed by atoms with Crippen LogP contribution in [0.15, 0.2) is 12.2 Å². The second kappa shape index (κ2) is 15.7. The summed E-state index contributed by atoms with van der Waals surface area (Å²) in [5, 5.41) is 0. The van der Waals surface area contributed by atoms with E-state index in [1.54, 1.807) is 0 Å². The first kappa shape index (κ1) is 24.1. The normalized spacial score (nSPS) is 27.1. The summed E-state index contributed by atoms with van der Waals surface area (Å²) in [6.07, 6.45) is 27.5. The highest BCUT2D eigenvalue weighted by molar-refractivity contribution is 5.26. The van der Waals surface area contributed by atoms with Crippen LogP contribution in [0.2, 0.25) is 0 Å². The van der Waals surface area contributed by atoms with Crippen molar-refractivity contribution in [3.8, 4) is 23.7 Å². The van der Waals surface area contributed by atoms with E-state index in [0.29, 0.717) is 11.8 Å². The Hall–Kier alpha value is -1.14. The van der Waals surface area contributed by atoms with E-state index in [4.69, 9.17) is 0 Å². The largest absolute Gasteiger partial charge is 0.0951 e. The summed E-state index contributed by atoms with van der Waals surface area (Å²) in [6, 6.07) is 0. The van der Waals surface area contributed by atoms with E-state index in [2.05, 4.69) is 37.5 Å². The van der Waals surface area contributed by atoms with Crippen molar-refractivity contribution in [2.75, 3.05) is 0 Å². The molecule has 0 N–H and O–H groups in total. The molecule has 0 radical (unpaired) electrons. The lowest BCUT2D eigenvalue weighted by Gasteiger charge is -2.25. The van der Waals surface area contributed by atoms with Crippen LogP contribution in [0.25, 0.3) is 0 Å². The molecule has 0 bridgehead atoms. The van der Waals surface area contributed by atoms with Gasteiger partial charge in [-0.1, -0.05) is 95.3 Å². The first-order valence-electron chi connectivity index (χ1n) is 13.0. The van der Waals surface area contributed by atoms with E-state index in [1.807, 2.05) is 12.2 Å². The highest BCUT2D eigenvalue weighted by Gasteiger charge is 2.20. The topological polar surface area (TPSA) is 0 Å². The van der Waals surface area contributed by atoms with Crippen molar-refractivity contribution >= 4 is 0 Å². The zero-order valence-electron chi connectivity index (χ0n) is 19.5. The summed E-state index contributed by atoms with van der Waals surface area (Å²) in [6.45, 7) is 4.60. The molecule has 0 spiro atoms. The van der Waals surface area contributed by atoms with E-state index in [1.165, 1.54) is 109 Å². The average Bonchev–Trinajstić information content (AvgIpc) is 2.76. The zero-order valence-corrected chi connectivity index (χ0v) is 19.5. The van der Waals surface area contributed by atoms with E-state index >= 15 is 0 Å². The third-order valence-electron chi connectivity index (χ3n) is 7.20. The molecule has 2 rings (SSSR count). The van der Waals surface area contributed by atoms with Crippen molar-refractivity contribution < 1.29 is 0 Å². The quantitative estimate of drug-likeness (QED) is 0.271. The maximum absolute atomic E-state index is 3.49. The van der Waals surface area contributed by atoms with Crippen molar-refractivity contribution in [1.29, 1.82) is 0 Å². The Morgan fingerprint density at radius 1 is 0.552 bits per heavy atom. The highest BCUT2D eigenvalue weighted by atomic mass is 14.2. The second-order valence-corrected chi connectivity index (χ2v) is 9.69. The van der Waals surface area contributed by atoms with Crippen molar-refractivity contribution in [3.63, 3.8) is 0 Å². The van der Waals surface area contributed by atoms with Crippen LogP contribution in [0.3, 0.4) is 0 Å². The molecule has 0 atom stereocenters. The minimum absolute atomic E-state index is 0.627. The first-order chi connectivity index (χ1) is 14.3. The number of unbranched alkanes of at least 4 members (excludes halogenated alkanes) is 5. The fourth-order valence-electron chi connectivity index (χ4n) is 5.14. The molecule has 2 fully saturated rings. The van der Waals surface area contributed by atoms with Gasteiger partial charge in [0.05, 0.1) is 0 Å². The maximum Gasteiger partial charge on any atom is 0.0206 e. The predicted octanol–water partition coefficient (Wildman–Crippen LogP) is 8.71. The van der Waals surface area contributed by atoms with Crippen LogP contribution in [0.1, 0.15) is 123 Å². The third-order valence-corrected chi connectivity index (χ3v) is 7.20. The van der Waals surface area contributed by atoms with Crippen molar-refractivity contribution in [3.05, 3.63) is 12.2 Å². The van der Waals surface area contributed by atoms with Crippen LogP contribution in [-0.2, 0) is 0 Å². The molecule has 0 aromatic carbocycles. The van der Waals surface area contributed by atoms with Crippen molar-refractivity contribution in [1.82, 2.24) is 0 Å². The van der Waals surface area contributed by atoms with E-state index < -0.39 is 0 Å². The van der Waals surface area contributed by atoms with Gasteiger partial charge < -0.3 is 0 Å². The minimum atomic E-state index is 0.627. The monoisotopic (exact) mass is 394 g/mol. The molecule has 162 valence electrons. The number of hydrogen-bond acceptors (Lipinski definition) is 0. The van der Waals surface area contributed by atoms with Gasteiger partial charge in [-0.3, -0.25) is 0 Å². The molecule has 0 heteroatoms. The summed E-state index contributed by atoms with van der Waals surface area (Å²) >= 11 is 0. The summed E-state index contributed by atoms with van der Waals surface area (Å²) < 4.78 is 0. The van der Waals surface area contributed by atoms with Gasteiger partial charge in [-0.15, -0.1) is 0 Å². The average molecular weight is 395 g/mol. The van der Waals surface area contributed by atoms with Gasteiger partial charge in [0.25, 0.3) is 0 Å². The van der Waals surface area contributed by atoms with Gasteiger partial charge in [0, 0.05) is 11.8 Å². The number of allylic oxidation sites excluding steroid dienone is 2. The molecule has 0 aliphatic heterocycles. The van der Waals surface area contributed by atoms with Crippen LogP contribution in [0, 0.1) is 47.4 Å². The molecule has 0 heterocycles. The fraction of sp³-hybridized carbons (Fsp3) is 0.793. The van der Waals surface area contributed by atoms with Gasteiger partial charge in [0.2, 0.25) is 0 Å². The SMILES string of the molecule is CCCCCCCC1CCC(C#CC=CC#CC2CCC(CCCC)CC2)CC1. The molecular formula is C29H46. The molecule has 0 aromatic heterocycles. The molecule has 0 aromatic rings. The lowest BCUT2D eigenvalue weighted by molar-refractivity contribution is 0.294. The van der Waals surface area contributed by atoms with Crippen LogP contribution >= 0.6 is 0 Å². The van der Waals surface area contributed by atoms with Crippen molar-refractivity contribution in [2.45, 2.75) is 123 Å². The van der Waals surface area contributed by atoms with Crippen LogP contribution < -0.4 is 0 Å². The Morgan fingerprint density at radius 2 is 1.00 bits per heavy atom. The van der Waals surface area contributed by atoms with E-state index in [-0.39, 0.29) is 0 Å². The van der Waals surface area contributed by atoms with E-state index in [0.717, 1.165) is 11.8 Å². The predicted molar refractivity (Wildman–Crippen MR) is 128 cm³/mol. The molecule has 2 saturated carbocycles. The van der Waals surface area contributed by atoms with Gasteiger partial charge in [0.15, 0.2) is 0 Å². The van der Waals surface area contributed by atoms with Gasteiger partial charge in [-0.2, -0.15) is 0 Å². The fourth-order valence-corrected chi connectivity index (χ4v) is 5.14. The zero-order chi connectivity index (χ0) is 20.6. The molecule has 0 unspecified atom stereocenters. The molecular weight excluding hydrogens is 348 g/mol. The minimum Gasteiger partial charge on any atom is -0.0951 e. The van der Waals surface area contributed by atoms with E-state index in [9.17, 15) is 0 Å². The smallest absolute Gasteiger partial charge is 0.0206 e. The van der Waals surface area contributed by atoms with Crippen LogP contribution in [-0.4, -0.2) is 0 Å². The standard InChI is InChI=1S/C29H46/c1-3-5-7-8-11-15-27-22-24-29(25-23-27)17-13-10-9-12-16-28-20-18-26(19-21-28)14-6-4-2/h9-10,26-29H,3-8,11,14-15,18-25H2,1-2H3. The van der Waals surface area contributed by atoms with Gasteiger partial charge in [-0.05, 0) is 75.4 Å². The summed E-state index contributed by atoms with van der Waals surface area (Å²) in [7, 11) is 0. The Bertz CT molecular complexity index is 544. The Balaban J connectivity index is 1.55. The third kappa shape index (κ3) is 11.0. The number of hydrogen-bond donors (Lipinski definition) is 0. The van der Waals surface area contributed by atoms with Gasteiger partial charge >= 0.3 is 0 Å². The molecule has 29 heavy (non-hydrogen) atoms. The van der Waals surface area contributed by atoms with Crippen molar-refractivity contribution in [2.24, 2.45) is 23.7 Å². The molecule has 0 nitrogen and oxygen atoms in total. The Morgan fingerprint density at radius 3 is 1.48 bits per heavy atom. The number of rotatable bonds is 9. The van der Waals surface area contributed by atoms with Crippen LogP contribution in [0.5, 0.6) is 0 Å².